The number of hydrogen-bond donors (Lipinski definition) is 0. The minimum absolute atomic E-state index is 0.133. The minimum atomic E-state index is 0.133. The van der Waals surface area contributed by atoms with Crippen LogP contribution in [0.1, 0.15) is 68.5 Å². The molecular weight excluding hydrogens is 326 g/mol. The quantitative estimate of drug-likeness (QED) is 0.449. The van der Waals surface area contributed by atoms with E-state index in [2.05, 4.69) is 103 Å². The zero-order valence-electron chi connectivity index (χ0n) is 18.5. The van der Waals surface area contributed by atoms with E-state index in [1.807, 2.05) is 0 Å². The van der Waals surface area contributed by atoms with Crippen molar-refractivity contribution in [1.29, 1.82) is 0 Å². The lowest BCUT2D eigenvalue weighted by molar-refractivity contribution is -0.665. The van der Waals surface area contributed by atoms with Crippen LogP contribution in [0.2, 0.25) is 0 Å². The first kappa shape index (κ1) is 19.6. The van der Waals surface area contributed by atoms with E-state index >= 15 is 0 Å². The van der Waals surface area contributed by atoms with Gasteiger partial charge in [-0.1, -0.05) is 52.8 Å². The van der Waals surface area contributed by atoms with Gasteiger partial charge in [-0.05, 0) is 65.0 Å². The Bertz CT molecular complexity index is 1020. The first-order valence-electron chi connectivity index (χ1n) is 10.1. The van der Waals surface area contributed by atoms with Gasteiger partial charge in [-0.2, -0.15) is 4.57 Å². The third-order valence-corrected chi connectivity index (χ3v) is 6.02. The molecule has 3 rings (SSSR count). The zero-order valence-corrected chi connectivity index (χ0v) is 18.5. The van der Waals surface area contributed by atoms with Gasteiger partial charge in [-0.25, -0.2) is 0 Å². The van der Waals surface area contributed by atoms with Crippen molar-refractivity contribution in [3.8, 4) is 11.3 Å². The molecule has 1 aromatic heterocycles. The highest BCUT2D eigenvalue weighted by Gasteiger charge is 2.24. The molecule has 0 saturated heterocycles. The standard InChI is InChI=1S/C26H34N/c1-16(2)20-10-11-21-13-18(4)27(9)25(24(21)14-20)23-15-22(26(6,7)8)12-17(3)19(23)5/h10-16H,1-9H3/q+1. The van der Waals surface area contributed by atoms with Crippen molar-refractivity contribution in [3.05, 3.63) is 64.3 Å². The summed E-state index contributed by atoms with van der Waals surface area (Å²) in [6.07, 6.45) is 0. The number of aryl methyl sites for hydroxylation is 2. The number of fused-ring (bicyclic) bond motifs is 1. The highest BCUT2D eigenvalue weighted by Crippen LogP contribution is 2.35. The van der Waals surface area contributed by atoms with Gasteiger partial charge in [-0.15, -0.1) is 0 Å². The molecule has 0 saturated carbocycles. The predicted octanol–water partition coefficient (Wildman–Crippen LogP) is 6.68. The average Bonchev–Trinajstić information content (AvgIpc) is 2.57. The van der Waals surface area contributed by atoms with Crippen LogP contribution in [0.3, 0.4) is 0 Å². The van der Waals surface area contributed by atoms with Crippen LogP contribution in [-0.4, -0.2) is 0 Å². The summed E-state index contributed by atoms with van der Waals surface area (Å²) in [4.78, 5) is 0. The molecule has 0 atom stereocenters. The van der Waals surface area contributed by atoms with E-state index in [4.69, 9.17) is 0 Å². The summed E-state index contributed by atoms with van der Waals surface area (Å²) in [6.45, 7) is 18.1. The molecule has 0 unspecified atom stereocenters. The monoisotopic (exact) mass is 360 g/mol. The summed E-state index contributed by atoms with van der Waals surface area (Å²) in [5, 5.41) is 2.67. The largest absolute Gasteiger partial charge is 0.220 e. The second-order valence-corrected chi connectivity index (χ2v) is 9.41. The van der Waals surface area contributed by atoms with Gasteiger partial charge in [-0.3, -0.25) is 0 Å². The Kier molecular flexibility index (Phi) is 4.93. The lowest BCUT2D eigenvalue weighted by atomic mass is 9.82. The molecule has 0 bridgehead atoms. The second-order valence-electron chi connectivity index (χ2n) is 9.41. The minimum Gasteiger partial charge on any atom is -0.198 e. The van der Waals surface area contributed by atoms with Crippen LogP contribution >= 0.6 is 0 Å². The maximum Gasteiger partial charge on any atom is 0.220 e. The molecule has 0 aliphatic carbocycles. The third kappa shape index (κ3) is 3.52. The molecule has 1 nitrogen and oxygen atoms in total. The lowest BCUT2D eigenvalue weighted by Gasteiger charge is -2.22. The Morgan fingerprint density at radius 2 is 1.56 bits per heavy atom. The Morgan fingerprint density at radius 3 is 2.15 bits per heavy atom. The number of benzene rings is 2. The van der Waals surface area contributed by atoms with Crippen molar-refractivity contribution in [2.75, 3.05) is 0 Å². The van der Waals surface area contributed by atoms with Gasteiger partial charge in [0.25, 0.3) is 0 Å². The van der Waals surface area contributed by atoms with Gasteiger partial charge in [0.05, 0.1) is 10.9 Å². The first-order valence-corrected chi connectivity index (χ1v) is 10.1. The Hall–Kier alpha value is -2.15. The van der Waals surface area contributed by atoms with Crippen molar-refractivity contribution >= 4 is 10.8 Å². The van der Waals surface area contributed by atoms with Crippen LogP contribution in [0.15, 0.2) is 36.4 Å². The number of nitrogens with zero attached hydrogens (tertiary/aromatic N) is 1. The third-order valence-electron chi connectivity index (χ3n) is 6.02. The summed E-state index contributed by atoms with van der Waals surface area (Å²) in [5.41, 5.74) is 9.65. The normalized spacial score (nSPS) is 12.2. The van der Waals surface area contributed by atoms with Crippen molar-refractivity contribution < 1.29 is 4.57 Å². The summed E-state index contributed by atoms with van der Waals surface area (Å²) in [7, 11) is 2.20. The van der Waals surface area contributed by atoms with E-state index in [1.165, 1.54) is 50.0 Å². The average molecular weight is 361 g/mol. The zero-order chi connectivity index (χ0) is 20.1. The Labute approximate surface area is 165 Å². The van der Waals surface area contributed by atoms with Gasteiger partial charge >= 0.3 is 0 Å². The molecule has 0 aliphatic heterocycles. The van der Waals surface area contributed by atoms with Crippen molar-refractivity contribution in [1.82, 2.24) is 0 Å². The first-order chi connectivity index (χ1) is 12.5. The lowest BCUT2D eigenvalue weighted by Crippen LogP contribution is -2.35. The number of pyridine rings is 1. The van der Waals surface area contributed by atoms with E-state index in [0.717, 1.165) is 0 Å². The molecule has 27 heavy (non-hydrogen) atoms. The van der Waals surface area contributed by atoms with Gasteiger partial charge < -0.3 is 0 Å². The Morgan fingerprint density at radius 1 is 0.889 bits per heavy atom. The maximum absolute atomic E-state index is 2.42. The van der Waals surface area contributed by atoms with Crippen LogP contribution in [-0.2, 0) is 12.5 Å². The van der Waals surface area contributed by atoms with E-state index in [-0.39, 0.29) is 5.41 Å². The topological polar surface area (TPSA) is 3.88 Å². The molecule has 2 aromatic carbocycles. The predicted molar refractivity (Wildman–Crippen MR) is 118 cm³/mol. The molecule has 0 amide bonds. The highest BCUT2D eigenvalue weighted by molar-refractivity contribution is 5.94. The fourth-order valence-corrected chi connectivity index (χ4v) is 3.81. The maximum atomic E-state index is 2.42. The molecule has 1 heterocycles. The van der Waals surface area contributed by atoms with E-state index in [0.29, 0.717) is 5.92 Å². The van der Waals surface area contributed by atoms with Crippen molar-refractivity contribution in [2.45, 2.75) is 66.7 Å². The molecule has 142 valence electrons. The molecule has 0 N–H and O–H groups in total. The fraction of sp³-hybridized carbons (Fsp3) is 0.423. The van der Waals surface area contributed by atoms with Crippen LogP contribution in [0.4, 0.5) is 0 Å². The molecule has 0 aliphatic rings. The molecule has 0 radical (unpaired) electrons. The second kappa shape index (κ2) is 6.78. The molecule has 3 aromatic rings. The van der Waals surface area contributed by atoms with Gasteiger partial charge in [0.15, 0.2) is 5.69 Å². The summed E-state index contributed by atoms with van der Waals surface area (Å²) in [5.74, 6) is 0.526. The molecular formula is C26H34N+. The summed E-state index contributed by atoms with van der Waals surface area (Å²) in [6, 6.07) is 14.0. The number of hydrogen-bond acceptors (Lipinski definition) is 0. The van der Waals surface area contributed by atoms with Gasteiger partial charge in [0.2, 0.25) is 5.69 Å². The smallest absolute Gasteiger partial charge is 0.198 e. The Balaban J connectivity index is 2.45. The van der Waals surface area contributed by atoms with Crippen molar-refractivity contribution in [3.63, 3.8) is 0 Å². The van der Waals surface area contributed by atoms with Crippen LogP contribution < -0.4 is 4.57 Å². The van der Waals surface area contributed by atoms with Crippen molar-refractivity contribution in [2.24, 2.45) is 7.05 Å². The molecule has 1 heteroatoms. The number of aromatic nitrogens is 1. The van der Waals surface area contributed by atoms with Gasteiger partial charge in [0.1, 0.15) is 7.05 Å². The van der Waals surface area contributed by atoms with Gasteiger partial charge in [0, 0.05) is 13.0 Å². The SMILES string of the molecule is Cc1cc(C(C)(C)C)cc(-c2c3cc(C(C)C)ccc3cc(C)[n+]2C)c1C. The van der Waals surface area contributed by atoms with Crippen LogP contribution in [0.5, 0.6) is 0 Å². The molecule has 0 spiro atoms. The van der Waals surface area contributed by atoms with E-state index in [1.54, 1.807) is 0 Å². The summed E-state index contributed by atoms with van der Waals surface area (Å²) < 4.78 is 2.36. The van der Waals surface area contributed by atoms with E-state index < -0.39 is 0 Å². The number of rotatable bonds is 2. The fourth-order valence-electron chi connectivity index (χ4n) is 3.81. The highest BCUT2D eigenvalue weighted by atomic mass is 14.9. The van der Waals surface area contributed by atoms with Crippen LogP contribution in [0.25, 0.3) is 22.0 Å². The van der Waals surface area contributed by atoms with E-state index in [9.17, 15) is 0 Å². The van der Waals surface area contributed by atoms with Crippen LogP contribution in [0, 0.1) is 20.8 Å². The summed E-state index contributed by atoms with van der Waals surface area (Å²) >= 11 is 0. The molecule has 0 fully saturated rings.